The first-order valence-corrected chi connectivity index (χ1v) is 9.62. The Kier molecular flexibility index (Phi) is 4.81. The van der Waals surface area contributed by atoms with Crippen LogP contribution in [0.2, 0.25) is 0 Å². The Bertz CT molecular complexity index is 1200. The monoisotopic (exact) mass is 407 g/mol. The Balaban J connectivity index is 1.51. The quantitative estimate of drug-likeness (QED) is 0.481. The molecule has 30 heavy (non-hydrogen) atoms. The van der Waals surface area contributed by atoms with Gasteiger partial charge in [0.2, 0.25) is 11.7 Å². The number of benzene rings is 1. The highest BCUT2D eigenvalue weighted by atomic mass is 16.5. The number of hydrogen-bond acceptors (Lipinski definition) is 7. The van der Waals surface area contributed by atoms with Gasteiger partial charge in [0.25, 0.3) is 11.6 Å². The van der Waals surface area contributed by atoms with E-state index in [1.165, 1.54) is 18.4 Å². The van der Waals surface area contributed by atoms with Crippen molar-refractivity contribution in [2.45, 2.75) is 40.2 Å². The molecule has 1 unspecified atom stereocenters. The highest BCUT2D eigenvalue weighted by Gasteiger charge is 2.27. The standard InChI is InChI=1S/C21H21N5O4/c1-11-9-12(2)26-21(22-11)23-19(24-26)20(29)30-13(3)18(28)16-5-6-17-15(10-16)7-8-25(17)14(4)27/h5-6,9-10,13H,7-8H2,1-4H3. The van der Waals surface area contributed by atoms with Crippen LogP contribution in [-0.4, -0.2) is 49.9 Å². The number of esters is 1. The van der Waals surface area contributed by atoms with Crippen LogP contribution in [0, 0.1) is 13.8 Å². The third kappa shape index (κ3) is 3.42. The Morgan fingerprint density at radius 1 is 1.13 bits per heavy atom. The molecule has 0 spiro atoms. The predicted octanol–water partition coefficient (Wildman–Crippen LogP) is 2.08. The first-order valence-electron chi connectivity index (χ1n) is 9.62. The molecule has 3 aromatic rings. The third-order valence-electron chi connectivity index (χ3n) is 5.09. The molecule has 0 N–H and O–H groups in total. The average molecular weight is 407 g/mol. The second-order valence-electron chi connectivity index (χ2n) is 7.36. The van der Waals surface area contributed by atoms with E-state index >= 15 is 0 Å². The summed E-state index contributed by atoms with van der Waals surface area (Å²) in [5, 5.41) is 4.13. The number of Topliss-reactive ketones (excluding diaryl/α,β-unsaturated/α-hetero) is 1. The fourth-order valence-electron chi connectivity index (χ4n) is 3.64. The Morgan fingerprint density at radius 3 is 2.63 bits per heavy atom. The van der Waals surface area contributed by atoms with Gasteiger partial charge >= 0.3 is 5.97 Å². The maximum atomic E-state index is 12.8. The van der Waals surface area contributed by atoms with Crippen LogP contribution >= 0.6 is 0 Å². The maximum Gasteiger partial charge on any atom is 0.379 e. The van der Waals surface area contributed by atoms with Gasteiger partial charge in [-0.15, -0.1) is 5.10 Å². The van der Waals surface area contributed by atoms with E-state index < -0.39 is 12.1 Å². The molecule has 9 heteroatoms. The smallest absolute Gasteiger partial charge is 0.379 e. The van der Waals surface area contributed by atoms with E-state index in [4.69, 9.17) is 4.74 Å². The fraction of sp³-hybridized carbons (Fsp3) is 0.333. The minimum atomic E-state index is -1.01. The number of ketones is 1. The molecule has 4 rings (SSSR count). The van der Waals surface area contributed by atoms with E-state index in [0.29, 0.717) is 24.3 Å². The van der Waals surface area contributed by atoms with Crippen molar-refractivity contribution in [2.75, 3.05) is 11.4 Å². The van der Waals surface area contributed by atoms with E-state index in [2.05, 4.69) is 15.1 Å². The van der Waals surface area contributed by atoms with E-state index in [-0.39, 0.29) is 17.5 Å². The number of anilines is 1. The summed E-state index contributed by atoms with van der Waals surface area (Å²) in [5.41, 5.74) is 3.71. The van der Waals surface area contributed by atoms with Gasteiger partial charge < -0.3 is 9.64 Å². The molecular weight excluding hydrogens is 386 g/mol. The van der Waals surface area contributed by atoms with Crippen molar-refractivity contribution in [3.05, 3.63) is 52.6 Å². The van der Waals surface area contributed by atoms with Crippen molar-refractivity contribution >= 4 is 29.1 Å². The summed E-state index contributed by atoms with van der Waals surface area (Å²) in [4.78, 5) is 47.0. The van der Waals surface area contributed by atoms with Gasteiger partial charge in [-0.2, -0.15) is 4.98 Å². The molecule has 9 nitrogen and oxygen atoms in total. The molecule has 0 saturated heterocycles. The summed E-state index contributed by atoms with van der Waals surface area (Å²) in [5.74, 6) is -1.01. The van der Waals surface area contributed by atoms with Gasteiger partial charge in [0.05, 0.1) is 0 Å². The first kappa shape index (κ1) is 19.7. The van der Waals surface area contributed by atoms with E-state index in [1.807, 2.05) is 19.9 Å². The zero-order valence-electron chi connectivity index (χ0n) is 17.2. The van der Waals surface area contributed by atoms with Gasteiger partial charge in [0.1, 0.15) is 0 Å². The summed E-state index contributed by atoms with van der Waals surface area (Å²) in [6, 6.07) is 6.98. The molecule has 1 atom stereocenters. The van der Waals surface area contributed by atoms with Gasteiger partial charge in [0.15, 0.2) is 6.10 Å². The lowest BCUT2D eigenvalue weighted by atomic mass is 10.0. The Hall–Kier alpha value is -3.62. The number of carbonyl (C=O) groups is 3. The zero-order chi connectivity index (χ0) is 21.6. The lowest BCUT2D eigenvalue weighted by Crippen LogP contribution is -2.26. The van der Waals surface area contributed by atoms with Crippen molar-refractivity contribution in [3.63, 3.8) is 0 Å². The number of aryl methyl sites for hydroxylation is 2. The number of aromatic nitrogens is 4. The number of hydrogen-bond donors (Lipinski definition) is 0. The first-order chi connectivity index (χ1) is 14.2. The molecule has 1 aliphatic heterocycles. The minimum Gasteiger partial charge on any atom is -0.448 e. The Morgan fingerprint density at radius 2 is 1.90 bits per heavy atom. The molecule has 1 aromatic carbocycles. The van der Waals surface area contributed by atoms with Crippen LogP contribution < -0.4 is 4.90 Å². The molecule has 2 aromatic heterocycles. The lowest BCUT2D eigenvalue weighted by Gasteiger charge is -2.15. The molecule has 3 heterocycles. The number of carbonyl (C=O) groups excluding carboxylic acids is 3. The highest BCUT2D eigenvalue weighted by Crippen LogP contribution is 2.29. The van der Waals surface area contributed by atoms with Crippen LogP contribution in [0.3, 0.4) is 0 Å². The number of fused-ring (bicyclic) bond motifs is 2. The summed E-state index contributed by atoms with van der Waals surface area (Å²) < 4.78 is 6.77. The summed E-state index contributed by atoms with van der Waals surface area (Å²) in [7, 11) is 0. The van der Waals surface area contributed by atoms with Gasteiger partial charge in [0, 0.05) is 36.1 Å². The van der Waals surface area contributed by atoms with Crippen molar-refractivity contribution in [2.24, 2.45) is 0 Å². The van der Waals surface area contributed by atoms with Crippen LogP contribution in [0.1, 0.15) is 51.8 Å². The molecular formula is C21H21N5O4. The lowest BCUT2D eigenvalue weighted by molar-refractivity contribution is -0.116. The van der Waals surface area contributed by atoms with Gasteiger partial charge in [-0.1, -0.05) is 0 Å². The molecule has 0 aliphatic carbocycles. The predicted molar refractivity (Wildman–Crippen MR) is 108 cm³/mol. The summed E-state index contributed by atoms with van der Waals surface area (Å²) >= 11 is 0. The van der Waals surface area contributed by atoms with Gasteiger partial charge in [-0.3, -0.25) is 9.59 Å². The van der Waals surface area contributed by atoms with Crippen molar-refractivity contribution in [3.8, 4) is 0 Å². The summed E-state index contributed by atoms with van der Waals surface area (Å²) in [6.45, 7) is 7.28. The fourth-order valence-corrected chi connectivity index (χ4v) is 3.64. The van der Waals surface area contributed by atoms with E-state index in [0.717, 1.165) is 22.6 Å². The second-order valence-corrected chi connectivity index (χ2v) is 7.36. The molecule has 0 saturated carbocycles. The van der Waals surface area contributed by atoms with Crippen LogP contribution in [0.5, 0.6) is 0 Å². The second kappa shape index (κ2) is 7.33. The highest BCUT2D eigenvalue weighted by molar-refractivity contribution is 6.02. The van der Waals surface area contributed by atoms with Crippen LogP contribution in [0.4, 0.5) is 5.69 Å². The molecule has 1 aliphatic rings. The number of amides is 1. The normalized spacial score (nSPS) is 13.9. The topological polar surface area (TPSA) is 107 Å². The SMILES string of the molecule is CC(=O)N1CCc2cc(C(=O)C(C)OC(=O)c3nc4nc(C)cc(C)n4n3)ccc21. The van der Waals surface area contributed by atoms with Crippen LogP contribution in [-0.2, 0) is 16.0 Å². The largest absolute Gasteiger partial charge is 0.448 e. The number of ether oxygens (including phenoxy) is 1. The molecule has 154 valence electrons. The molecule has 0 fully saturated rings. The molecule has 0 radical (unpaired) electrons. The maximum absolute atomic E-state index is 12.8. The third-order valence-corrected chi connectivity index (χ3v) is 5.09. The average Bonchev–Trinajstić information content (AvgIpc) is 3.31. The van der Waals surface area contributed by atoms with Crippen molar-refractivity contribution in [1.29, 1.82) is 0 Å². The molecule has 1 amide bonds. The number of rotatable bonds is 4. The zero-order valence-corrected chi connectivity index (χ0v) is 17.2. The van der Waals surface area contributed by atoms with Crippen LogP contribution in [0.15, 0.2) is 24.3 Å². The van der Waals surface area contributed by atoms with Crippen molar-refractivity contribution in [1.82, 2.24) is 19.6 Å². The van der Waals surface area contributed by atoms with Crippen LogP contribution in [0.25, 0.3) is 5.78 Å². The molecule has 0 bridgehead atoms. The van der Waals surface area contributed by atoms with Gasteiger partial charge in [-0.05, 0) is 57.0 Å². The summed E-state index contributed by atoms with van der Waals surface area (Å²) in [6.07, 6.45) is -0.329. The Labute approximate surface area is 172 Å². The number of nitrogens with zero attached hydrogens (tertiary/aromatic N) is 5. The van der Waals surface area contributed by atoms with E-state index in [1.54, 1.807) is 23.1 Å². The van der Waals surface area contributed by atoms with Crippen molar-refractivity contribution < 1.29 is 19.1 Å². The van der Waals surface area contributed by atoms with E-state index in [9.17, 15) is 14.4 Å². The minimum absolute atomic E-state index is 0.0324. The van der Waals surface area contributed by atoms with Gasteiger partial charge in [-0.25, -0.2) is 14.3 Å².